The number of carbonyl (C=O) groups is 1. The van der Waals surface area contributed by atoms with Crippen molar-refractivity contribution in [2.75, 3.05) is 0 Å². The van der Waals surface area contributed by atoms with Crippen LogP contribution in [-0.4, -0.2) is 12.0 Å². The van der Waals surface area contributed by atoms with Crippen LogP contribution in [0.2, 0.25) is 0 Å². The standard InChI is InChI=1S/C17H20NO3P/c1-13(2)16(18)17(19)21-22(20,14-9-5-3-6-10-14)15-11-7-4-8-12-15/h3-13,16H,18H2,1-2H3/t16-/m0/s1. The molecule has 0 radical (unpaired) electrons. The maximum Gasteiger partial charge on any atom is 0.328 e. The first-order valence-corrected chi connectivity index (χ1v) is 8.78. The fraction of sp³-hybridized carbons (Fsp3) is 0.235. The number of nitrogens with two attached hydrogens (primary N) is 1. The van der Waals surface area contributed by atoms with Gasteiger partial charge in [0.15, 0.2) is 0 Å². The lowest BCUT2D eigenvalue weighted by atomic mass is 10.1. The summed E-state index contributed by atoms with van der Waals surface area (Å²) in [6.45, 7) is 3.64. The molecule has 1 atom stereocenters. The van der Waals surface area contributed by atoms with Crippen LogP contribution in [-0.2, 0) is 13.9 Å². The van der Waals surface area contributed by atoms with Crippen LogP contribution in [0.5, 0.6) is 0 Å². The van der Waals surface area contributed by atoms with E-state index in [0.717, 1.165) is 0 Å². The predicted octanol–water partition coefficient (Wildman–Crippen LogP) is 2.44. The van der Waals surface area contributed by atoms with E-state index in [9.17, 15) is 9.36 Å². The summed E-state index contributed by atoms with van der Waals surface area (Å²) >= 11 is 0. The van der Waals surface area contributed by atoms with Crippen molar-refractivity contribution in [1.29, 1.82) is 0 Å². The van der Waals surface area contributed by atoms with Crippen molar-refractivity contribution in [3.63, 3.8) is 0 Å². The lowest BCUT2D eigenvalue weighted by Crippen LogP contribution is -2.38. The molecular formula is C17H20NO3P. The first-order chi connectivity index (χ1) is 10.4. The van der Waals surface area contributed by atoms with Gasteiger partial charge in [-0.3, -0.25) is 9.36 Å². The molecule has 0 heterocycles. The summed E-state index contributed by atoms with van der Waals surface area (Å²) in [6, 6.07) is 16.7. The Morgan fingerprint density at radius 2 is 1.36 bits per heavy atom. The smallest absolute Gasteiger partial charge is 0.328 e. The fourth-order valence-corrected chi connectivity index (χ4v) is 3.98. The van der Waals surface area contributed by atoms with E-state index in [4.69, 9.17) is 10.3 Å². The van der Waals surface area contributed by atoms with E-state index in [1.807, 2.05) is 26.0 Å². The summed E-state index contributed by atoms with van der Waals surface area (Å²) in [4.78, 5) is 12.2. The third kappa shape index (κ3) is 3.46. The Hall–Kier alpha value is -1.90. The Morgan fingerprint density at radius 3 is 1.73 bits per heavy atom. The molecule has 4 nitrogen and oxygen atoms in total. The van der Waals surface area contributed by atoms with Gasteiger partial charge in [0.2, 0.25) is 0 Å². The molecule has 0 saturated heterocycles. The average Bonchev–Trinajstić information content (AvgIpc) is 2.55. The number of hydrogen-bond donors (Lipinski definition) is 1. The van der Waals surface area contributed by atoms with E-state index in [1.54, 1.807) is 48.5 Å². The van der Waals surface area contributed by atoms with Gasteiger partial charge in [-0.25, -0.2) is 0 Å². The SMILES string of the molecule is CC(C)[C@H](N)C(=O)OP(=O)(c1ccccc1)c1ccccc1. The summed E-state index contributed by atoms with van der Waals surface area (Å²) < 4.78 is 18.9. The van der Waals surface area contributed by atoms with E-state index in [-0.39, 0.29) is 5.92 Å². The van der Waals surface area contributed by atoms with Gasteiger partial charge in [-0.1, -0.05) is 50.2 Å². The third-order valence-electron chi connectivity index (χ3n) is 3.40. The van der Waals surface area contributed by atoms with E-state index >= 15 is 0 Å². The van der Waals surface area contributed by atoms with Crippen LogP contribution in [0.15, 0.2) is 60.7 Å². The topological polar surface area (TPSA) is 69.4 Å². The van der Waals surface area contributed by atoms with Crippen molar-refractivity contribution in [1.82, 2.24) is 0 Å². The minimum atomic E-state index is -3.50. The van der Waals surface area contributed by atoms with Gasteiger partial charge in [0.05, 0.1) is 10.6 Å². The maximum absolute atomic E-state index is 13.5. The Morgan fingerprint density at radius 1 is 0.955 bits per heavy atom. The molecule has 0 aliphatic carbocycles. The molecule has 116 valence electrons. The molecule has 0 saturated carbocycles. The lowest BCUT2D eigenvalue weighted by molar-refractivity contribution is -0.136. The van der Waals surface area contributed by atoms with Crippen LogP contribution in [0.4, 0.5) is 0 Å². The molecule has 0 bridgehead atoms. The van der Waals surface area contributed by atoms with Gasteiger partial charge in [-0.15, -0.1) is 0 Å². The normalized spacial score (nSPS) is 12.9. The van der Waals surface area contributed by atoms with Crippen molar-refractivity contribution in [3.8, 4) is 0 Å². The molecule has 0 aliphatic heterocycles. The molecular weight excluding hydrogens is 297 g/mol. The molecule has 2 aromatic rings. The minimum absolute atomic E-state index is 0.0903. The fourth-order valence-electron chi connectivity index (χ4n) is 1.96. The lowest BCUT2D eigenvalue weighted by Gasteiger charge is -2.22. The second-order valence-corrected chi connectivity index (χ2v) is 7.72. The molecule has 0 spiro atoms. The average molecular weight is 317 g/mol. The van der Waals surface area contributed by atoms with Crippen molar-refractivity contribution in [2.45, 2.75) is 19.9 Å². The zero-order valence-electron chi connectivity index (χ0n) is 12.7. The van der Waals surface area contributed by atoms with Gasteiger partial charge < -0.3 is 10.3 Å². The van der Waals surface area contributed by atoms with E-state index < -0.39 is 19.4 Å². The van der Waals surface area contributed by atoms with E-state index in [1.165, 1.54) is 0 Å². The zero-order valence-corrected chi connectivity index (χ0v) is 13.6. The van der Waals surface area contributed by atoms with Gasteiger partial charge in [0, 0.05) is 0 Å². The number of rotatable bonds is 5. The molecule has 2 aromatic carbocycles. The Bertz CT molecular complexity index is 627. The molecule has 0 fully saturated rings. The van der Waals surface area contributed by atoms with Crippen molar-refractivity contribution >= 4 is 23.9 Å². The first kappa shape index (κ1) is 16.5. The molecule has 0 aliphatic rings. The van der Waals surface area contributed by atoms with Crippen LogP contribution in [0, 0.1) is 5.92 Å². The van der Waals surface area contributed by atoms with Gasteiger partial charge in [0.25, 0.3) is 0 Å². The van der Waals surface area contributed by atoms with Crippen molar-refractivity contribution < 1.29 is 13.9 Å². The summed E-state index contributed by atoms with van der Waals surface area (Å²) in [5.41, 5.74) is 5.83. The summed E-state index contributed by atoms with van der Waals surface area (Å²) in [6.07, 6.45) is 0. The molecule has 2 rings (SSSR count). The molecule has 0 aromatic heterocycles. The van der Waals surface area contributed by atoms with Gasteiger partial charge in [0.1, 0.15) is 6.04 Å². The van der Waals surface area contributed by atoms with Crippen LogP contribution in [0.25, 0.3) is 0 Å². The number of carbonyl (C=O) groups excluding carboxylic acids is 1. The van der Waals surface area contributed by atoms with Gasteiger partial charge >= 0.3 is 13.3 Å². The van der Waals surface area contributed by atoms with Gasteiger partial charge in [-0.05, 0) is 30.2 Å². The third-order valence-corrected chi connectivity index (χ3v) is 5.79. The van der Waals surface area contributed by atoms with Crippen LogP contribution >= 0.6 is 7.37 Å². The Labute approximate surface area is 130 Å². The molecule has 5 heteroatoms. The Balaban J connectivity index is 2.44. The zero-order chi connectivity index (χ0) is 16.2. The van der Waals surface area contributed by atoms with Crippen LogP contribution < -0.4 is 16.3 Å². The van der Waals surface area contributed by atoms with E-state index in [2.05, 4.69) is 0 Å². The van der Waals surface area contributed by atoms with E-state index in [0.29, 0.717) is 10.6 Å². The first-order valence-electron chi connectivity index (χ1n) is 7.15. The van der Waals surface area contributed by atoms with Crippen molar-refractivity contribution in [3.05, 3.63) is 60.7 Å². The number of hydrogen-bond acceptors (Lipinski definition) is 4. The highest BCUT2D eigenvalue weighted by Gasteiger charge is 2.34. The maximum atomic E-state index is 13.5. The summed E-state index contributed by atoms with van der Waals surface area (Å²) in [5, 5.41) is 0.955. The highest BCUT2D eigenvalue weighted by atomic mass is 31.2. The molecule has 22 heavy (non-hydrogen) atoms. The summed E-state index contributed by atoms with van der Waals surface area (Å²) in [7, 11) is -3.50. The van der Waals surface area contributed by atoms with Crippen LogP contribution in [0.1, 0.15) is 13.8 Å². The molecule has 2 N–H and O–H groups in total. The quantitative estimate of drug-likeness (QED) is 0.860. The highest BCUT2D eigenvalue weighted by Crippen LogP contribution is 2.45. The second kappa shape index (κ2) is 6.91. The van der Waals surface area contributed by atoms with Crippen LogP contribution in [0.3, 0.4) is 0 Å². The molecule has 0 amide bonds. The minimum Gasteiger partial charge on any atom is -0.404 e. The number of benzene rings is 2. The highest BCUT2D eigenvalue weighted by molar-refractivity contribution is 7.74. The predicted molar refractivity (Wildman–Crippen MR) is 88.7 cm³/mol. The Kier molecular flexibility index (Phi) is 5.17. The largest absolute Gasteiger partial charge is 0.404 e. The monoisotopic (exact) mass is 317 g/mol. The second-order valence-electron chi connectivity index (χ2n) is 5.40. The molecule has 0 unspecified atom stereocenters. The summed E-state index contributed by atoms with van der Waals surface area (Å²) in [5.74, 6) is -0.737. The van der Waals surface area contributed by atoms with Crippen molar-refractivity contribution in [2.24, 2.45) is 11.7 Å². The van der Waals surface area contributed by atoms with Gasteiger partial charge in [-0.2, -0.15) is 0 Å².